The van der Waals surface area contributed by atoms with E-state index in [4.69, 9.17) is 14.2 Å². The Kier molecular flexibility index (Phi) is 53.0. The Hall–Kier alpha value is -4.19. The Morgan fingerprint density at radius 3 is 1.04 bits per heavy atom. The monoisotopic (exact) mass is 955 g/mol. The molecule has 0 aromatic heterocycles. The van der Waals surface area contributed by atoms with Crippen molar-refractivity contribution in [1.29, 1.82) is 0 Å². The molecule has 0 heterocycles. The molecule has 6 heteroatoms. The Morgan fingerprint density at radius 1 is 0.304 bits per heavy atom. The molecule has 1 atom stereocenters. The van der Waals surface area contributed by atoms with Crippen LogP contribution >= 0.6 is 0 Å². The summed E-state index contributed by atoms with van der Waals surface area (Å²) in [5.41, 5.74) is 0. The number of rotatable bonds is 49. The van der Waals surface area contributed by atoms with Gasteiger partial charge in [0.1, 0.15) is 13.2 Å². The van der Waals surface area contributed by atoms with Crippen molar-refractivity contribution < 1.29 is 28.6 Å². The summed E-state index contributed by atoms with van der Waals surface area (Å²) in [4.78, 5) is 38.1. The highest BCUT2D eigenvalue weighted by atomic mass is 16.6. The predicted molar refractivity (Wildman–Crippen MR) is 297 cm³/mol. The Bertz CT molecular complexity index is 1470. The minimum atomic E-state index is -0.830. The summed E-state index contributed by atoms with van der Waals surface area (Å²) in [7, 11) is 0. The number of carbonyl (C=O) groups excluding carboxylic acids is 3. The molecule has 0 amide bonds. The molecule has 0 fully saturated rings. The van der Waals surface area contributed by atoms with Crippen LogP contribution in [-0.2, 0) is 28.6 Å². The average molecular weight is 956 g/mol. The third-order valence-corrected chi connectivity index (χ3v) is 11.4. The van der Waals surface area contributed by atoms with E-state index < -0.39 is 6.10 Å². The van der Waals surface area contributed by atoms with Gasteiger partial charge in [0.15, 0.2) is 6.10 Å². The van der Waals surface area contributed by atoms with Crippen LogP contribution in [0.2, 0.25) is 0 Å². The topological polar surface area (TPSA) is 78.9 Å². The average Bonchev–Trinajstić information content (AvgIpc) is 3.35. The van der Waals surface area contributed by atoms with Crippen LogP contribution in [0.25, 0.3) is 0 Å². The molecule has 0 aliphatic carbocycles. The molecule has 0 aromatic rings. The van der Waals surface area contributed by atoms with E-state index >= 15 is 0 Å². The van der Waals surface area contributed by atoms with Crippen molar-refractivity contribution in [1.82, 2.24) is 0 Å². The van der Waals surface area contributed by atoms with Crippen LogP contribution in [0.4, 0.5) is 0 Å². The van der Waals surface area contributed by atoms with Gasteiger partial charge < -0.3 is 14.2 Å². The third kappa shape index (κ3) is 54.6. The Labute approximate surface area is 424 Å². The molecule has 0 aromatic carbocycles. The second kappa shape index (κ2) is 56.4. The van der Waals surface area contributed by atoms with Crippen LogP contribution in [0.15, 0.2) is 122 Å². The molecule has 0 saturated carbocycles. The van der Waals surface area contributed by atoms with E-state index in [1.807, 2.05) is 12.2 Å². The van der Waals surface area contributed by atoms with Crippen LogP contribution in [0.1, 0.15) is 239 Å². The van der Waals surface area contributed by atoms with Gasteiger partial charge in [-0.25, -0.2) is 0 Å². The molecule has 0 unspecified atom stereocenters. The first kappa shape index (κ1) is 64.8. The summed E-state index contributed by atoms with van der Waals surface area (Å²) in [6.45, 7) is 6.38. The van der Waals surface area contributed by atoms with Crippen LogP contribution in [-0.4, -0.2) is 37.2 Å². The summed E-state index contributed by atoms with van der Waals surface area (Å²) < 4.78 is 16.7. The molecule has 0 N–H and O–H groups in total. The van der Waals surface area contributed by atoms with Crippen LogP contribution in [0.5, 0.6) is 0 Å². The molecule has 0 saturated heterocycles. The lowest BCUT2D eigenvalue weighted by Crippen LogP contribution is -2.30. The van der Waals surface area contributed by atoms with Crippen molar-refractivity contribution in [2.24, 2.45) is 0 Å². The van der Waals surface area contributed by atoms with Gasteiger partial charge in [0.25, 0.3) is 0 Å². The van der Waals surface area contributed by atoms with E-state index in [2.05, 4.69) is 130 Å². The van der Waals surface area contributed by atoms with E-state index in [1.165, 1.54) is 103 Å². The minimum Gasteiger partial charge on any atom is -0.462 e. The lowest BCUT2D eigenvalue weighted by Gasteiger charge is -2.18. The van der Waals surface area contributed by atoms with E-state index in [1.54, 1.807) is 0 Å². The number of carbonyl (C=O) groups is 3. The lowest BCUT2D eigenvalue weighted by molar-refractivity contribution is -0.166. The molecule has 0 radical (unpaired) electrons. The van der Waals surface area contributed by atoms with Crippen molar-refractivity contribution in [2.75, 3.05) is 13.2 Å². The van der Waals surface area contributed by atoms with Crippen molar-refractivity contribution >= 4 is 17.9 Å². The largest absolute Gasteiger partial charge is 0.462 e. The van der Waals surface area contributed by atoms with E-state index in [0.717, 1.165) is 83.5 Å². The summed E-state index contributed by atoms with van der Waals surface area (Å²) in [6.07, 6.45) is 77.7. The number of unbranched alkanes of at least 4 members (excludes halogenated alkanes) is 18. The summed E-state index contributed by atoms with van der Waals surface area (Å²) in [6, 6.07) is 0. The Balaban J connectivity index is 4.57. The molecular formula is C63H102O6. The van der Waals surface area contributed by atoms with Gasteiger partial charge in [0, 0.05) is 19.3 Å². The molecule has 0 bridgehead atoms. The molecular weight excluding hydrogens is 853 g/mol. The number of ether oxygens (including phenoxy) is 3. The zero-order valence-electron chi connectivity index (χ0n) is 44.5. The second-order valence-electron chi connectivity index (χ2n) is 18.1. The predicted octanol–water partition coefficient (Wildman–Crippen LogP) is 18.9. The van der Waals surface area contributed by atoms with Gasteiger partial charge in [0.2, 0.25) is 0 Å². The zero-order chi connectivity index (χ0) is 50.0. The quantitative estimate of drug-likeness (QED) is 0.0262. The second-order valence-corrected chi connectivity index (χ2v) is 18.1. The summed E-state index contributed by atoms with van der Waals surface area (Å²) >= 11 is 0. The van der Waals surface area contributed by atoms with E-state index in [0.29, 0.717) is 25.7 Å². The first-order valence-corrected chi connectivity index (χ1v) is 28.0. The first-order chi connectivity index (χ1) is 34.0. The SMILES string of the molecule is CC/C=C\C/C=C\C/C=C\C/C=C\C/C=C\C/C=C\CCC(=O)OC[C@H](COC(=O)CCCC/C=C\C/C=C\C/C=C\CCCCC)OC(=O)CCCCCCCCC/C=C\CCCCCCCC. The lowest BCUT2D eigenvalue weighted by atomic mass is 10.1. The van der Waals surface area contributed by atoms with Gasteiger partial charge in [0.05, 0.1) is 0 Å². The standard InChI is InChI=1S/C63H102O6/c1-4-7-10-13-16-19-22-25-28-30-31-33-35-38-41-44-47-50-53-56-62(65)68-59-60(58-67-61(64)55-52-49-46-43-40-37-34-27-24-21-18-15-12-9-6-3)69-63(66)57-54-51-48-45-42-39-36-32-29-26-23-20-17-14-11-8-5-2/h7,10,16,18-19,21,25-29,31,33-34,38,40-41,43,47,50,60H,4-6,8-9,11-15,17,20,22-24,30,32,35-37,39,42,44-46,48-49,51-59H2,1-3H3/b10-7-,19-16-,21-18-,28-25-,29-26-,33-31-,34-27-,41-38-,43-40-,50-47-/t60-/m0/s1. The molecule has 0 spiro atoms. The maximum atomic E-state index is 12.8. The van der Waals surface area contributed by atoms with Gasteiger partial charge in [-0.3, -0.25) is 14.4 Å². The fourth-order valence-corrected chi connectivity index (χ4v) is 7.23. The molecule has 0 aliphatic rings. The van der Waals surface area contributed by atoms with Crippen molar-refractivity contribution in [2.45, 2.75) is 245 Å². The van der Waals surface area contributed by atoms with Crippen LogP contribution in [0.3, 0.4) is 0 Å². The third-order valence-electron chi connectivity index (χ3n) is 11.4. The van der Waals surface area contributed by atoms with Crippen LogP contribution in [0, 0.1) is 0 Å². The molecule has 69 heavy (non-hydrogen) atoms. The highest BCUT2D eigenvalue weighted by Gasteiger charge is 2.19. The number of hydrogen-bond acceptors (Lipinski definition) is 6. The van der Waals surface area contributed by atoms with Crippen molar-refractivity contribution in [3.63, 3.8) is 0 Å². The van der Waals surface area contributed by atoms with E-state index in [-0.39, 0.29) is 37.5 Å². The Morgan fingerprint density at radius 2 is 0.594 bits per heavy atom. The number of allylic oxidation sites excluding steroid dienone is 20. The number of hydrogen-bond donors (Lipinski definition) is 0. The van der Waals surface area contributed by atoms with Gasteiger partial charge in [-0.1, -0.05) is 219 Å². The van der Waals surface area contributed by atoms with Crippen molar-refractivity contribution in [3.8, 4) is 0 Å². The highest BCUT2D eigenvalue weighted by Crippen LogP contribution is 2.13. The maximum Gasteiger partial charge on any atom is 0.306 e. The van der Waals surface area contributed by atoms with Gasteiger partial charge in [-0.05, 0) is 122 Å². The molecule has 6 nitrogen and oxygen atoms in total. The molecule has 0 rings (SSSR count). The fourth-order valence-electron chi connectivity index (χ4n) is 7.23. The van der Waals surface area contributed by atoms with Crippen molar-refractivity contribution in [3.05, 3.63) is 122 Å². The van der Waals surface area contributed by atoms with Gasteiger partial charge in [-0.15, -0.1) is 0 Å². The summed E-state index contributed by atoms with van der Waals surface area (Å²) in [5.74, 6) is -1.05. The minimum absolute atomic E-state index is 0.126. The first-order valence-electron chi connectivity index (χ1n) is 28.0. The zero-order valence-corrected chi connectivity index (χ0v) is 44.5. The maximum absolute atomic E-state index is 12.8. The number of esters is 3. The normalized spacial score (nSPS) is 13.0. The summed E-state index contributed by atoms with van der Waals surface area (Å²) in [5, 5.41) is 0. The fraction of sp³-hybridized carbons (Fsp3) is 0.635. The van der Waals surface area contributed by atoms with Gasteiger partial charge in [-0.2, -0.15) is 0 Å². The highest BCUT2D eigenvalue weighted by molar-refractivity contribution is 5.71. The van der Waals surface area contributed by atoms with Crippen LogP contribution < -0.4 is 0 Å². The smallest absolute Gasteiger partial charge is 0.306 e. The van der Waals surface area contributed by atoms with Gasteiger partial charge >= 0.3 is 17.9 Å². The van der Waals surface area contributed by atoms with E-state index in [9.17, 15) is 14.4 Å². The molecule has 0 aliphatic heterocycles. The molecule has 390 valence electrons.